The molecule has 1 saturated heterocycles. The first kappa shape index (κ1) is 19.0. The maximum atomic E-state index is 12.5. The first-order valence-electron chi connectivity index (χ1n) is 9.50. The summed E-state index contributed by atoms with van der Waals surface area (Å²) in [6.07, 6.45) is 1.72. The molecule has 5 nitrogen and oxygen atoms in total. The van der Waals surface area contributed by atoms with Crippen molar-refractivity contribution < 1.29 is 14.3 Å². The van der Waals surface area contributed by atoms with Crippen LogP contribution in [0.4, 0.5) is 4.79 Å². The Morgan fingerprint density at radius 1 is 0.778 bits per heavy atom. The average Bonchev–Trinajstić information content (AvgIpc) is 2.98. The van der Waals surface area contributed by atoms with E-state index in [2.05, 4.69) is 0 Å². The standard InChI is InChI=1S/C22H26N2O3/c25-21(13-12-19-8-3-1-4-9-19)23-14-7-15-24(17-16-23)22(26)27-18-20-10-5-2-6-11-20/h1-6,8-11H,7,12-18H2. The molecule has 0 atom stereocenters. The van der Waals surface area contributed by atoms with Gasteiger partial charge in [-0.3, -0.25) is 4.79 Å². The van der Waals surface area contributed by atoms with Gasteiger partial charge in [0.05, 0.1) is 0 Å². The van der Waals surface area contributed by atoms with E-state index in [9.17, 15) is 9.59 Å². The molecule has 27 heavy (non-hydrogen) atoms. The number of amides is 2. The van der Waals surface area contributed by atoms with Gasteiger partial charge in [-0.1, -0.05) is 60.7 Å². The minimum absolute atomic E-state index is 0.151. The van der Waals surface area contributed by atoms with Crippen LogP contribution in [0, 0.1) is 0 Å². The highest BCUT2D eigenvalue weighted by Crippen LogP contribution is 2.10. The molecule has 1 aliphatic rings. The summed E-state index contributed by atoms with van der Waals surface area (Å²) >= 11 is 0. The molecule has 0 aromatic heterocycles. The zero-order valence-electron chi connectivity index (χ0n) is 15.5. The molecule has 0 spiro atoms. The number of rotatable bonds is 5. The van der Waals surface area contributed by atoms with Crippen molar-refractivity contribution in [1.29, 1.82) is 0 Å². The fraction of sp³-hybridized carbons (Fsp3) is 0.364. The van der Waals surface area contributed by atoms with E-state index in [4.69, 9.17) is 4.74 Å². The first-order chi connectivity index (χ1) is 13.2. The molecule has 0 radical (unpaired) electrons. The molecule has 2 aromatic rings. The normalized spacial score (nSPS) is 14.5. The van der Waals surface area contributed by atoms with E-state index in [0.29, 0.717) is 32.6 Å². The van der Waals surface area contributed by atoms with Crippen LogP contribution in [0.15, 0.2) is 60.7 Å². The summed E-state index contributed by atoms with van der Waals surface area (Å²) in [5, 5.41) is 0. The number of benzene rings is 2. The number of ether oxygens (including phenoxy) is 1. The summed E-state index contributed by atoms with van der Waals surface area (Å²) in [7, 11) is 0. The van der Waals surface area contributed by atoms with Gasteiger partial charge in [0.25, 0.3) is 0 Å². The molecule has 0 unspecified atom stereocenters. The smallest absolute Gasteiger partial charge is 0.410 e. The molecule has 1 heterocycles. The van der Waals surface area contributed by atoms with Gasteiger partial charge in [-0.15, -0.1) is 0 Å². The molecule has 0 saturated carbocycles. The average molecular weight is 366 g/mol. The predicted molar refractivity (Wildman–Crippen MR) is 104 cm³/mol. The Kier molecular flexibility index (Phi) is 6.85. The van der Waals surface area contributed by atoms with Crippen molar-refractivity contribution in [3.05, 3.63) is 71.8 Å². The van der Waals surface area contributed by atoms with E-state index < -0.39 is 0 Å². The number of hydrogen-bond donors (Lipinski definition) is 0. The van der Waals surface area contributed by atoms with Crippen molar-refractivity contribution in [1.82, 2.24) is 9.80 Å². The molecule has 1 aliphatic heterocycles. The lowest BCUT2D eigenvalue weighted by Gasteiger charge is -2.22. The van der Waals surface area contributed by atoms with E-state index >= 15 is 0 Å². The van der Waals surface area contributed by atoms with Gasteiger partial charge in [0.15, 0.2) is 0 Å². The van der Waals surface area contributed by atoms with Gasteiger partial charge in [0.1, 0.15) is 6.61 Å². The van der Waals surface area contributed by atoms with Crippen LogP contribution in [0.1, 0.15) is 24.0 Å². The fourth-order valence-electron chi connectivity index (χ4n) is 3.21. The van der Waals surface area contributed by atoms with Crippen LogP contribution in [0.3, 0.4) is 0 Å². The van der Waals surface area contributed by atoms with Gasteiger partial charge in [0.2, 0.25) is 5.91 Å². The second-order valence-electron chi connectivity index (χ2n) is 6.75. The second kappa shape index (κ2) is 9.76. The van der Waals surface area contributed by atoms with Crippen molar-refractivity contribution in [2.75, 3.05) is 26.2 Å². The molecule has 2 aromatic carbocycles. The molecule has 2 amide bonds. The third-order valence-corrected chi connectivity index (χ3v) is 4.78. The lowest BCUT2D eigenvalue weighted by Crippen LogP contribution is -2.37. The van der Waals surface area contributed by atoms with Gasteiger partial charge < -0.3 is 14.5 Å². The Bertz CT molecular complexity index is 670. The summed E-state index contributed by atoms with van der Waals surface area (Å²) in [4.78, 5) is 28.4. The number of aryl methyl sites for hydroxylation is 1. The Balaban J connectivity index is 1.43. The van der Waals surface area contributed by atoms with Crippen LogP contribution < -0.4 is 0 Å². The van der Waals surface area contributed by atoms with Crippen LogP contribution in [-0.2, 0) is 22.6 Å². The van der Waals surface area contributed by atoms with Gasteiger partial charge in [-0.2, -0.15) is 0 Å². The monoisotopic (exact) mass is 366 g/mol. The minimum Gasteiger partial charge on any atom is -0.445 e. The number of carbonyl (C=O) groups is 2. The van der Waals surface area contributed by atoms with E-state index in [1.54, 1.807) is 4.90 Å². The third kappa shape index (κ3) is 5.84. The highest BCUT2D eigenvalue weighted by Gasteiger charge is 2.22. The quantitative estimate of drug-likeness (QED) is 0.814. The molecule has 142 valence electrons. The molecule has 1 fully saturated rings. The van der Waals surface area contributed by atoms with Crippen LogP contribution >= 0.6 is 0 Å². The largest absolute Gasteiger partial charge is 0.445 e. The maximum Gasteiger partial charge on any atom is 0.410 e. The van der Waals surface area contributed by atoms with Crippen LogP contribution in [0.25, 0.3) is 0 Å². The summed E-state index contributed by atoms with van der Waals surface area (Å²) in [6, 6.07) is 19.7. The van der Waals surface area contributed by atoms with Gasteiger partial charge in [-0.05, 0) is 24.0 Å². The van der Waals surface area contributed by atoms with Crippen molar-refractivity contribution in [3.8, 4) is 0 Å². The molecule has 0 N–H and O–H groups in total. The number of carbonyl (C=O) groups excluding carboxylic acids is 2. The van der Waals surface area contributed by atoms with Crippen LogP contribution in [-0.4, -0.2) is 48.0 Å². The second-order valence-corrected chi connectivity index (χ2v) is 6.75. The summed E-state index contributed by atoms with van der Waals surface area (Å²) in [6.45, 7) is 2.67. The van der Waals surface area contributed by atoms with Crippen molar-refractivity contribution in [2.45, 2.75) is 25.9 Å². The summed E-state index contributed by atoms with van der Waals surface area (Å²) in [5.74, 6) is 0.151. The van der Waals surface area contributed by atoms with Crippen molar-refractivity contribution in [3.63, 3.8) is 0 Å². The number of hydrogen-bond acceptors (Lipinski definition) is 3. The van der Waals surface area contributed by atoms with E-state index in [1.807, 2.05) is 65.6 Å². The lowest BCUT2D eigenvalue weighted by molar-refractivity contribution is -0.131. The van der Waals surface area contributed by atoms with Gasteiger partial charge >= 0.3 is 6.09 Å². The molecular weight excluding hydrogens is 340 g/mol. The van der Waals surface area contributed by atoms with Crippen molar-refractivity contribution in [2.24, 2.45) is 0 Å². The molecular formula is C22H26N2O3. The third-order valence-electron chi connectivity index (χ3n) is 4.78. The SMILES string of the molecule is O=C(CCc1ccccc1)N1CCCN(C(=O)OCc2ccccc2)CC1. The summed E-state index contributed by atoms with van der Waals surface area (Å²) < 4.78 is 5.41. The minimum atomic E-state index is -0.308. The Labute approximate surface area is 160 Å². The zero-order valence-corrected chi connectivity index (χ0v) is 15.5. The summed E-state index contributed by atoms with van der Waals surface area (Å²) in [5.41, 5.74) is 2.14. The molecule has 5 heteroatoms. The van der Waals surface area contributed by atoms with Crippen LogP contribution in [0.2, 0.25) is 0 Å². The highest BCUT2D eigenvalue weighted by molar-refractivity contribution is 5.76. The predicted octanol–water partition coefficient (Wildman–Crippen LogP) is 3.49. The van der Waals surface area contributed by atoms with Crippen LogP contribution in [0.5, 0.6) is 0 Å². The molecule has 0 bridgehead atoms. The lowest BCUT2D eigenvalue weighted by atomic mass is 10.1. The first-order valence-corrected chi connectivity index (χ1v) is 9.50. The Hall–Kier alpha value is -2.82. The molecule has 3 rings (SSSR count). The Morgan fingerprint density at radius 3 is 2.07 bits per heavy atom. The van der Waals surface area contributed by atoms with E-state index in [0.717, 1.165) is 18.4 Å². The fourth-order valence-corrected chi connectivity index (χ4v) is 3.21. The van der Waals surface area contributed by atoms with E-state index in [-0.39, 0.29) is 18.6 Å². The van der Waals surface area contributed by atoms with E-state index in [1.165, 1.54) is 5.56 Å². The topological polar surface area (TPSA) is 49.9 Å². The Morgan fingerprint density at radius 2 is 1.37 bits per heavy atom. The highest BCUT2D eigenvalue weighted by atomic mass is 16.6. The zero-order chi connectivity index (χ0) is 18.9. The molecule has 0 aliphatic carbocycles. The van der Waals surface area contributed by atoms with Gasteiger partial charge in [-0.25, -0.2) is 4.79 Å². The maximum absolute atomic E-state index is 12.5. The number of nitrogens with zero attached hydrogens (tertiary/aromatic N) is 2. The van der Waals surface area contributed by atoms with Crippen molar-refractivity contribution >= 4 is 12.0 Å². The van der Waals surface area contributed by atoms with Gasteiger partial charge in [0, 0.05) is 32.6 Å².